The summed E-state index contributed by atoms with van der Waals surface area (Å²) in [6.45, 7) is 7.17. The molecule has 0 amide bonds. The first-order valence-electron chi connectivity index (χ1n) is 6.63. The number of ether oxygens (including phenoxy) is 1. The highest BCUT2D eigenvalue weighted by Crippen LogP contribution is 2.25. The molecular formula is C15H21NO2. The van der Waals surface area contributed by atoms with E-state index in [1.165, 1.54) is 5.56 Å². The monoisotopic (exact) mass is 247 g/mol. The second kappa shape index (κ2) is 6.01. The van der Waals surface area contributed by atoms with E-state index in [9.17, 15) is 4.79 Å². The Balaban J connectivity index is 1.92. The summed E-state index contributed by atoms with van der Waals surface area (Å²) in [5, 5.41) is 0. The van der Waals surface area contributed by atoms with Crippen LogP contribution in [-0.4, -0.2) is 30.6 Å². The van der Waals surface area contributed by atoms with E-state index in [0.29, 0.717) is 12.5 Å². The molecule has 0 unspecified atom stereocenters. The normalized spacial score (nSPS) is 24.1. The van der Waals surface area contributed by atoms with Crippen LogP contribution in [0.5, 0.6) is 0 Å². The van der Waals surface area contributed by atoms with Gasteiger partial charge in [-0.1, -0.05) is 37.3 Å². The van der Waals surface area contributed by atoms with Crippen molar-refractivity contribution in [1.82, 2.24) is 4.90 Å². The van der Waals surface area contributed by atoms with Gasteiger partial charge in [0.1, 0.15) is 0 Å². The summed E-state index contributed by atoms with van der Waals surface area (Å²) in [6, 6.07) is 10.4. The molecule has 0 aromatic heterocycles. The van der Waals surface area contributed by atoms with Crippen molar-refractivity contribution in [2.24, 2.45) is 11.8 Å². The number of rotatable bonds is 4. The molecule has 1 heterocycles. The first kappa shape index (κ1) is 13.1. The van der Waals surface area contributed by atoms with Crippen molar-refractivity contribution in [1.29, 1.82) is 0 Å². The van der Waals surface area contributed by atoms with Crippen molar-refractivity contribution >= 4 is 5.97 Å². The van der Waals surface area contributed by atoms with E-state index in [4.69, 9.17) is 4.74 Å². The molecule has 0 saturated carbocycles. The molecular weight excluding hydrogens is 226 g/mol. The lowest BCUT2D eigenvalue weighted by Gasteiger charge is -2.15. The fraction of sp³-hybridized carbons (Fsp3) is 0.533. The minimum absolute atomic E-state index is 0.0358. The van der Waals surface area contributed by atoms with Gasteiger partial charge in [0, 0.05) is 19.6 Å². The lowest BCUT2D eigenvalue weighted by Crippen LogP contribution is -2.25. The van der Waals surface area contributed by atoms with Crippen LogP contribution < -0.4 is 0 Å². The van der Waals surface area contributed by atoms with Crippen LogP contribution in [-0.2, 0) is 16.1 Å². The summed E-state index contributed by atoms with van der Waals surface area (Å²) >= 11 is 0. The predicted molar refractivity (Wildman–Crippen MR) is 71.0 cm³/mol. The molecule has 0 bridgehead atoms. The molecule has 1 fully saturated rings. The first-order valence-corrected chi connectivity index (χ1v) is 6.63. The Bertz CT molecular complexity index is 391. The molecule has 1 saturated heterocycles. The van der Waals surface area contributed by atoms with Crippen molar-refractivity contribution < 1.29 is 9.53 Å². The van der Waals surface area contributed by atoms with Crippen LogP contribution in [0.25, 0.3) is 0 Å². The van der Waals surface area contributed by atoms with Crippen LogP contribution in [0.4, 0.5) is 0 Å². The van der Waals surface area contributed by atoms with Crippen molar-refractivity contribution in [2.45, 2.75) is 20.4 Å². The summed E-state index contributed by atoms with van der Waals surface area (Å²) in [6.07, 6.45) is 0. The van der Waals surface area contributed by atoms with Gasteiger partial charge in [0.2, 0.25) is 0 Å². The quantitative estimate of drug-likeness (QED) is 0.765. The highest BCUT2D eigenvalue weighted by molar-refractivity contribution is 5.73. The smallest absolute Gasteiger partial charge is 0.310 e. The van der Waals surface area contributed by atoms with Gasteiger partial charge in [-0.15, -0.1) is 0 Å². The topological polar surface area (TPSA) is 29.5 Å². The summed E-state index contributed by atoms with van der Waals surface area (Å²) < 4.78 is 5.13. The maximum Gasteiger partial charge on any atom is 0.310 e. The molecule has 18 heavy (non-hydrogen) atoms. The summed E-state index contributed by atoms with van der Waals surface area (Å²) in [5.41, 5.74) is 1.30. The molecule has 2 atom stereocenters. The highest BCUT2D eigenvalue weighted by Gasteiger charge is 2.35. The lowest BCUT2D eigenvalue weighted by atomic mass is 9.99. The number of likely N-dealkylation sites (tertiary alicyclic amines) is 1. The van der Waals surface area contributed by atoms with E-state index in [1.807, 2.05) is 13.0 Å². The van der Waals surface area contributed by atoms with Gasteiger partial charge in [-0.2, -0.15) is 0 Å². The van der Waals surface area contributed by atoms with Crippen molar-refractivity contribution in [3.05, 3.63) is 35.9 Å². The minimum atomic E-state index is -0.0411. The SMILES string of the molecule is CCOC(=O)[C@H]1CN(Cc2ccccc2)C[C@@H]1C. The van der Waals surface area contributed by atoms with Gasteiger partial charge < -0.3 is 4.74 Å². The Hall–Kier alpha value is -1.35. The number of hydrogen-bond donors (Lipinski definition) is 0. The van der Waals surface area contributed by atoms with Crippen LogP contribution in [0.2, 0.25) is 0 Å². The Kier molecular flexibility index (Phi) is 4.37. The average molecular weight is 247 g/mol. The number of esters is 1. The molecule has 1 aromatic carbocycles. The fourth-order valence-electron chi connectivity index (χ4n) is 2.59. The second-order valence-electron chi connectivity index (χ2n) is 5.02. The minimum Gasteiger partial charge on any atom is -0.466 e. The summed E-state index contributed by atoms with van der Waals surface area (Å²) in [4.78, 5) is 14.1. The third-order valence-corrected chi connectivity index (χ3v) is 3.53. The molecule has 0 aliphatic carbocycles. The van der Waals surface area contributed by atoms with Crippen LogP contribution in [0, 0.1) is 11.8 Å². The molecule has 3 nitrogen and oxygen atoms in total. The van der Waals surface area contributed by atoms with Gasteiger partial charge in [0.15, 0.2) is 0 Å². The molecule has 0 spiro atoms. The van der Waals surface area contributed by atoms with Crippen molar-refractivity contribution in [3.8, 4) is 0 Å². The maximum absolute atomic E-state index is 11.8. The molecule has 1 aliphatic heterocycles. The zero-order chi connectivity index (χ0) is 13.0. The maximum atomic E-state index is 11.8. The van der Waals surface area contributed by atoms with Gasteiger partial charge in [0.25, 0.3) is 0 Å². The molecule has 1 aliphatic rings. The van der Waals surface area contributed by atoms with E-state index in [0.717, 1.165) is 19.6 Å². The zero-order valence-corrected chi connectivity index (χ0v) is 11.1. The Morgan fingerprint density at radius 3 is 2.72 bits per heavy atom. The van der Waals surface area contributed by atoms with E-state index in [2.05, 4.69) is 36.1 Å². The van der Waals surface area contributed by atoms with Gasteiger partial charge >= 0.3 is 5.97 Å². The van der Waals surface area contributed by atoms with Crippen molar-refractivity contribution in [2.75, 3.05) is 19.7 Å². The molecule has 3 heteroatoms. The van der Waals surface area contributed by atoms with Crippen LogP contribution in [0.3, 0.4) is 0 Å². The third-order valence-electron chi connectivity index (χ3n) is 3.53. The third kappa shape index (κ3) is 3.10. The molecule has 2 rings (SSSR count). The second-order valence-corrected chi connectivity index (χ2v) is 5.02. The Morgan fingerprint density at radius 1 is 1.33 bits per heavy atom. The molecule has 98 valence electrons. The van der Waals surface area contributed by atoms with Crippen LogP contribution in [0.15, 0.2) is 30.3 Å². The van der Waals surface area contributed by atoms with Crippen LogP contribution >= 0.6 is 0 Å². The Labute approximate surface area is 109 Å². The number of nitrogens with zero attached hydrogens (tertiary/aromatic N) is 1. The van der Waals surface area contributed by atoms with Crippen molar-refractivity contribution in [3.63, 3.8) is 0 Å². The van der Waals surface area contributed by atoms with Gasteiger partial charge in [-0.05, 0) is 18.4 Å². The van der Waals surface area contributed by atoms with E-state index in [1.54, 1.807) is 0 Å². The number of carbonyl (C=O) groups excluding carboxylic acids is 1. The average Bonchev–Trinajstić information content (AvgIpc) is 2.72. The van der Waals surface area contributed by atoms with Gasteiger partial charge in [-0.3, -0.25) is 9.69 Å². The lowest BCUT2D eigenvalue weighted by molar-refractivity contribution is -0.148. The molecule has 1 aromatic rings. The number of hydrogen-bond acceptors (Lipinski definition) is 3. The molecule has 0 N–H and O–H groups in total. The standard InChI is InChI=1S/C15H21NO2/c1-3-18-15(17)14-11-16(9-12(14)2)10-13-7-5-4-6-8-13/h4-8,12,14H,3,9-11H2,1-2H3/t12-,14-/m0/s1. The predicted octanol–water partition coefficient (Wildman–Crippen LogP) is 2.32. The van der Waals surface area contributed by atoms with E-state index in [-0.39, 0.29) is 11.9 Å². The number of benzene rings is 1. The first-order chi connectivity index (χ1) is 8.70. The highest BCUT2D eigenvalue weighted by atomic mass is 16.5. The van der Waals surface area contributed by atoms with Crippen LogP contribution in [0.1, 0.15) is 19.4 Å². The van der Waals surface area contributed by atoms with Gasteiger partial charge in [0.05, 0.1) is 12.5 Å². The number of carbonyl (C=O) groups is 1. The fourth-order valence-corrected chi connectivity index (χ4v) is 2.59. The Morgan fingerprint density at radius 2 is 2.06 bits per heavy atom. The largest absolute Gasteiger partial charge is 0.466 e. The zero-order valence-electron chi connectivity index (χ0n) is 11.1. The van der Waals surface area contributed by atoms with E-state index < -0.39 is 0 Å². The van der Waals surface area contributed by atoms with E-state index >= 15 is 0 Å². The molecule has 0 radical (unpaired) electrons. The summed E-state index contributed by atoms with van der Waals surface area (Å²) in [7, 11) is 0. The summed E-state index contributed by atoms with van der Waals surface area (Å²) in [5.74, 6) is 0.377. The van der Waals surface area contributed by atoms with Gasteiger partial charge in [-0.25, -0.2) is 0 Å².